The van der Waals surface area contributed by atoms with Crippen molar-refractivity contribution in [3.05, 3.63) is 24.4 Å². The quantitative estimate of drug-likeness (QED) is 0.443. The lowest BCUT2D eigenvalue weighted by atomic mass is 9.85. The average Bonchev–Trinajstić information content (AvgIpc) is 2.40. The number of likely N-dealkylation sites (N-methyl/N-ethyl adjacent to an activating group) is 1. The van der Waals surface area contributed by atoms with Crippen LogP contribution in [0.15, 0.2) is 24.4 Å². The Bertz CT molecular complexity index is 233. The van der Waals surface area contributed by atoms with Crippen LogP contribution in [0.1, 0.15) is 39.5 Å². The summed E-state index contributed by atoms with van der Waals surface area (Å²) >= 11 is 0. The van der Waals surface area contributed by atoms with Crippen LogP contribution in [0.5, 0.6) is 0 Å². The third-order valence-electron chi connectivity index (χ3n) is 2.69. The highest BCUT2D eigenvalue weighted by atomic mass is 16.4. The topological polar surface area (TPSA) is 69.7 Å². The van der Waals surface area contributed by atoms with E-state index in [9.17, 15) is 0 Å². The summed E-state index contributed by atoms with van der Waals surface area (Å²) in [4.78, 5) is 2.33. The molecule has 0 spiro atoms. The van der Waals surface area contributed by atoms with Crippen molar-refractivity contribution in [1.29, 1.82) is 0 Å². The minimum Gasteiger partial charge on any atom is -0.427 e. The SMILES string of the molecule is C=CCCB(O)O.CCCCN(C)C/C(=C/N)CC. The van der Waals surface area contributed by atoms with Gasteiger partial charge in [-0.15, -0.1) is 6.58 Å². The van der Waals surface area contributed by atoms with Crippen molar-refractivity contribution < 1.29 is 10.0 Å². The van der Waals surface area contributed by atoms with Crippen molar-refractivity contribution in [3.8, 4) is 0 Å². The van der Waals surface area contributed by atoms with Crippen molar-refractivity contribution >= 4 is 7.12 Å². The molecule has 0 amide bonds. The molecule has 0 unspecified atom stereocenters. The van der Waals surface area contributed by atoms with E-state index in [-0.39, 0.29) is 0 Å². The highest BCUT2D eigenvalue weighted by Crippen LogP contribution is 2.01. The zero-order chi connectivity index (χ0) is 15.1. The van der Waals surface area contributed by atoms with Gasteiger partial charge in [-0.2, -0.15) is 0 Å². The van der Waals surface area contributed by atoms with E-state index >= 15 is 0 Å². The molecule has 0 rings (SSSR count). The average molecular weight is 270 g/mol. The van der Waals surface area contributed by atoms with E-state index in [2.05, 4.69) is 32.4 Å². The summed E-state index contributed by atoms with van der Waals surface area (Å²) in [5.74, 6) is 0. The summed E-state index contributed by atoms with van der Waals surface area (Å²) in [6, 6.07) is 0. The van der Waals surface area contributed by atoms with Gasteiger partial charge in [0.15, 0.2) is 0 Å². The molecule has 4 nitrogen and oxygen atoms in total. The fourth-order valence-corrected chi connectivity index (χ4v) is 1.40. The Kier molecular flexibility index (Phi) is 16.5. The van der Waals surface area contributed by atoms with Gasteiger partial charge in [-0.3, -0.25) is 0 Å². The highest BCUT2D eigenvalue weighted by Gasteiger charge is 2.01. The molecule has 19 heavy (non-hydrogen) atoms. The minimum absolute atomic E-state index is 0.392. The first-order chi connectivity index (χ1) is 9.01. The lowest BCUT2D eigenvalue weighted by Crippen LogP contribution is -2.22. The molecule has 0 fully saturated rings. The predicted molar refractivity (Wildman–Crippen MR) is 84.8 cm³/mol. The van der Waals surface area contributed by atoms with Gasteiger partial charge in [0.25, 0.3) is 0 Å². The van der Waals surface area contributed by atoms with Crippen LogP contribution < -0.4 is 5.73 Å². The highest BCUT2D eigenvalue weighted by molar-refractivity contribution is 6.40. The Morgan fingerprint density at radius 1 is 1.37 bits per heavy atom. The number of allylic oxidation sites excluding steroid dienone is 1. The van der Waals surface area contributed by atoms with Gasteiger partial charge in [0.05, 0.1) is 0 Å². The molecule has 112 valence electrons. The molecule has 0 atom stereocenters. The molecule has 0 heterocycles. The minimum atomic E-state index is -1.17. The number of hydrogen-bond donors (Lipinski definition) is 3. The van der Waals surface area contributed by atoms with Crippen molar-refractivity contribution in [1.82, 2.24) is 4.90 Å². The molecule has 0 aliphatic rings. The second-order valence-corrected chi connectivity index (χ2v) is 4.62. The summed E-state index contributed by atoms with van der Waals surface area (Å²) in [6.45, 7) is 9.97. The first kappa shape index (κ1) is 20.5. The maximum Gasteiger partial charge on any atom is 0.451 e. The Labute approximate surface area is 119 Å². The van der Waals surface area contributed by atoms with Crippen molar-refractivity contribution in [2.24, 2.45) is 5.73 Å². The van der Waals surface area contributed by atoms with Crippen LogP contribution in [-0.4, -0.2) is 42.2 Å². The molecule has 0 aromatic heterocycles. The molecule has 0 saturated heterocycles. The lowest BCUT2D eigenvalue weighted by Gasteiger charge is -2.17. The molecule has 0 radical (unpaired) electrons. The van der Waals surface area contributed by atoms with Crippen LogP contribution in [-0.2, 0) is 0 Å². The number of rotatable bonds is 9. The summed E-state index contributed by atoms with van der Waals surface area (Å²) < 4.78 is 0. The normalized spacial score (nSPS) is 10.9. The van der Waals surface area contributed by atoms with E-state index in [1.54, 1.807) is 12.3 Å². The van der Waals surface area contributed by atoms with Gasteiger partial charge >= 0.3 is 7.12 Å². The first-order valence-electron chi connectivity index (χ1n) is 7.06. The Balaban J connectivity index is 0. The number of nitrogens with two attached hydrogens (primary N) is 1. The van der Waals surface area contributed by atoms with Gasteiger partial charge in [0, 0.05) is 6.54 Å². The monoisotopic (exact) mass is 270 g/mol. The van der Waals surface area contributed by atoms with E-state index in [4.69, 9.17) is 15.8 Å². The van der Waals surface area contributed by atoms with Crippen LogP contribution in [0.25, 0.3) is 0 Å². The van der Waals surface area contributed by atoms with E-state index in [1.807, 2.05) is 0 Å². The fourth-order valence-electron chi connectivity index (χ4n) is 1.40. The van der Waals surface area contributed by atoms with Crippen LogP contribution in [0.4, 0.5) is 0 Å². The van der Waals surface area contributed by atoms with Crippen molar-refractivity contribution in [3.63, 3.8) is 0 Å². The fraction of sp³-hybridized carbons (Fsp3) is 0.714. The Morgan fingerprint density at radius 3 is 2.32 bits per heavy atom. The van der Waals surface area contributed by atoms with Crippen LogP contribution >= 0.6 is 0 Å². The largest absolute Gasteiger partial charge is 0.451 e. The molecular formula is C14H31BN2O2. The Morgan fingerprint density at radius 2 is 2.00 bits per heavy atom. The molecule has 0 aromatic carbocycles. The molecule has 0 aromatic rings. The van der Waals surface area contributed by atoms with Crippen LogP contribution in [0.2, 0.25) is 6.32 Å². The smallest absolute Gasteiger partial charge is 0.427 e. The summed E-state index contributed by atoms with van der Waals surface area (Å²) in [5.41, 5.74) is 6.80. The second-order valence-electron chi connectivity index (χ2n) is 4.62. The molecule has 4 N–H and O–H groups in total. The zero-order valence-corrected chi connectivity index (χ0v) is 12.8. The van der Waals surface area contributed by atoms with E-state index in [0.29, 0.717) is 12.7 Å². The Hall–Kier alpha value is -0.775. The van der Waals surface area contributed by atoms with Crippen LogP contribution in [0, 0.1) is 0 Å². The molecule has 0 bridgehead atoms. The standard InChI is InChI=1S/C10H22N2.C4H9BO2/c1-4-6-7-12(3)9-10(5-2)8-11;1-2-3-4-5(6)7/h8H,4-7,9,11H2,1-3H3;2,6-7H,1,3-4H2/b10-8+;. The second kappa shape index (κ2) is 15.3. The summed E-state index contributed by atoms with van der Waals surface area (Å²) in [6.07, 6.45) is 8.05. The third-order valence-corrected chi connectivity index (χ3v) is 2.69. The maximum atomic E-state index is 8.19. The van der Waals surface area contributed by atoms with Crippen LogP contribution in [0.3, 0.4) is 0 Å². The first-order valence-corrected chi connectivity index (χ1v) is 7.06. The molecule has 0 aliphatic heterocycles. The van der Waals surface area contributed by atoms with Gasteiger partial charge < -0.3 is 20.7 Å². The number of hydrogen-bond acceptors (Lipinski definition) is 4. The van der Waals surface area contributed by atoms with Gasteiger partial charge in [-0.1, -0.05) is 26.3 Å². The molecule has 5 heteroatoms. The van der Waals surface area contributed by atoms with Gasteiger partial charge in [0.1, 0.15) is 0 Å². The van der Waals surface area contributed by atoms with Gasteiger partial charge in [-0.05, 0) is 50.9 Å². The molecule has 0 saturated carbocycles. The third kappa shape index (κ3) is 17.2. The van der Waals surface area contributed by atoms with E-state index in [1.165, 1.54) is 25.0 Å². The van der Waals surface area contributed by atoms with Crippen molar-refractivity contribution in [2.45, 2.75) is 45.9 Å². The van der Waals surface area contributed by atoms with Gasteiger partial charge in [0.2, 0.25) is 0 Å². The zero-order valence-electron chi connectivity index (χ0n) is 12.8. The molecular weight excluding hydrogens is 239 g/mol. The predicted octanol–water partition coefficient (Wildman–Crippen LogP) is 2.01. The number of nitrogens with zero attached hydrogens (tertiary/aromatic N) is 1. The maximum absolute atomic E-state index is 8.19. The van der Waals surface area contributed by atoms with Gasteiger partial charge in [-0.25, -0.2) is 0 Å². The van der Waals surface area contributed by atoms with E-state index in [0.717, 1.165) is 13.0 Å². The summed E-state index contributed by atoms with van der Waals surface area (Å²) in [7, 11) is 0.979. The number of unbranched alkanes of at least 4 members (excludes halogenated alkanes) is 1. The van der Waals surface area contributed by atoms with Crippen molar-refractivity contribution in [2.75, 3.05) is 20.1 Å². The van der Waals surface area contributed by atoms with E-state index < -0.39 is 7.12 Å². The lowest BCUT2D eigenvalue weighted by molar-refractivity contribution is 0.352. The summed E-state index contributed by atoms with van der Waals surface area (Å²) in [5, 5.41) is 16.4. The molecule has 0 aliphatic carbocycles.